The number of rotatable bonds is 9. The Bertz CT molecular complexity index is 747. The van der Waals surface area contributed by atoms with Gasteiger partial charge >= 0.3 is 0 Å². The van der Waals surface area contributed by atoms with E-state index in [1.165, 1.54) is 42.9 Å². The van der Waals surface area contributed by atoms with Crippen LogP contribution in [0.3, 0.4) is 0 Å². The Hall–Kier alpha value is -2.14. The average Bonchev–Trinajstić information content (AvgIpc) is 2.98. The van der Waals surface area contributed by atoms with Gasteiger partial charge < -0.3 is 15.2 Å². The molecule has 4 nitrogen and oxygen atoms in total. The topological polar surface area (TPSA) is 21.8 Å². The third kappa shape index (κ3) is 4.78. The highest BCUT2D eigenvalue weighted by molar-refractivity contribution is 9.09. The Balaban J connectivity index is 1.72. The quantitative estimate of drug-likeness (QED) is 0.330. The molecule has 0 spiro atoms. The Morgan fingerprint density at radius 3 is 2.33 bits per heavy atom. The van der Waals surface area contributed by atoms with Crippen LogP contribution in [0.4, 0.5) is 17.1 Å². The molecule has 2 aromatic rings. The minimum atomic E-state index is 1.03. The van der Waals surface area contributed by atoms with Crippen LogP contribution in [0.1, 0.15) is 25.7 Å². The van der Waals surface area contributed by atoms with E-state index >= 15 is 0 Å². The number of fused-ring (bicyclic) bond motifs is 1. The van der Waals surface area contributed by atoms with Crippen molar-refractivity contribution in [3.8, 4) is 0 Å². The number of nitrogens with one attached hydrogen (secondary N) is 1. The number of halogens is 1. The zero-order valence-electron chi connectivity index (χ0n) is 16.2. The number of para-hydroxylation sites is 3. The molecule has 5 heteroatoms. The van der Waals surface area contributed by atoms with Crippen molar-refractivity contribution in [2.24, 2.45) is 0 Å². The predicted molar refractivity (Wildman–Crippen MR) is 121 cm³/mol. The fraction of sp³-hybridized carbons (Fsp3) is 0.364. The minimum absolute atomic E-state index is 1.03. The lowest BCUT2D eigenvalue weighted by Crippen LogP contribution is -2.34. The molecule has 3 rings (SSSR count). The van der Waals surface area contributed by atoms with Crippen molar-refractivity contribution in [3.05, 3.63) is 66.6 Å². The van der Waals surface area contributed by atoms with E-state index in [1.54, 1.807) is 0 Å². The lowest BCUT2D eigenvalue weighted by molar-refractivity contribution is 0.665. The van der Waals surface area contributed by atoms with Gasteiger partial charge in [0.1, 0.15) is 5.82 Å². The van der Waals surface area contributed by atoms with Crippen molar-refractivity contribution in [3.63, 3.8) is 0 Å². The molecule has 0 bridgehead atoms. The normalized spacial score (nSPS) is 14.6. The summed E-state index contributed by atoms with van der Waals surface area (Å²) in [6, 6.07) is 19.0. The molecule has 0 amide bonds. The van der Waals surface area contributed by atoms with E-state index in [-0.39, 0.29) is 0 Å². The van der Waals surface area contributed by atoms with E-state index < -0.39 is 0 Å². The highest BCUT2D eigenvalue weighted by atomic mass is 79.9. The summed E-state index contributed by atoms with van der Waals surface area (Å²) < 4.78 is 0. The predicted octanol–water partition coefficient (Wildman–Crippen LogP) is 5.34. The van der Waals surface area contributed by atoms with Crippen molar-refractivity contribution in [2.45, 2.75) is 25.7 Å². The smallest absolute Gasteiger partial charge is 0.131 e. The Morgan fingerprint density at radius 2 is 1.59 bits per heavy atom. The summed E-state index contributed by atoms with van der Waals surface area (Å²) in [4.78, 5) is 4.69. The number of anilines is 3. The third-order valence-corrected chi connectivity index (χ3v) is 5.51. The minimum Gasteiger partial charge on any atom is -0.328 e. The zero-order valence-corrected chi connectivity index (χ0v) is 17.8. The molecule has 0 saturated heterocycles. The molecule has 1 N–H and O–H groups in total. The van der Waals surface area contributed by atoms with Gasteiger partial charge in [-0.05, 0) is 37.1 Å². The van der Waals surface area contributed by atoms with E-state index in [9.17, 15) is 0 Å². The first-order chi connectivity index (χ1) is 13.2. The number of benzene rings is 2. The average molecular weight is 429 g/mol. The Labute approximate surface area is 171 Å². The summed E-state index contributed by atoms with van der Waals surface area (Å²) in [5.41, 5.74) is 7.11. The first-order valence-electron chi connectivity index (χ1n) is 9.63. The van der Waals surface area contributed by atoms with Crippen LogP contribution in [0.25, 0.3) is 0 Å². The maximum atomic E-state index is 3.52. The van der Waals surface area contributed by atoms with Gasteiger partial charge in [-0.25, -0.2) is 0 Å². The van der Waals surface area contributed by atoms with Crippen LogP contribution in [-0.4, -0.2) is 26.0 Å². The Morgan fingerprint density at radius 1 is 0.926 bits per heavy atom. The molecule has 0 unspecified atom stereocenters. The second-order valence-corrected chi connectivity index (χ2v) is 7.62. The van der Waals surface area contributed by atoms with Crippen LogP contribution < -0.4 is 20.2 Å². The first-order valence-corrected chi connectivity index (χ1v) is 10.8. The van der Waals surface area contributed by atoms with E-state index in [0.717, 1.165) is 17.6 Å². The molecule has 27 heavy (non-hydrogen) atoms. The number of alkyl halides is 1. The van der Waals surface area contributed by atoms with E-state index in [0.29, 0.717) is 0 Å². The molecule has 144 valence electrons. The van der Waals surface area contributed by atoms with E-state index in [2.05, 4.69) is 92.9 Å². The summed E-state index contributed by atoms with van der Waals surface area (Å²) in [7, 11) is 4.18. The van der Waals surface area contributed by atoms with Crippen LogP contribution in [0.15, 0.2) is 66.6 Å². The molecule has 1 aliphatic heterocycles. The molecule has 0 atom stereocenters. The summed E-state index contributed by atoms with van der Waals surface area (Å²) in [5.74, 6) is 1.18. The maximum Gasteiger partial charge on any atom is 0.131 e. The van der Waals surface area contributed by atoms with Crippen molar-refractivity contribution >= 4 is 33.0 Å². The van der Waals surface area contributed by atoms with Gasteiger partial charge in [-0.2, -0.15) is 0 Å². The van der Waals surface area contributed by atoms with Gasteiger partial charge in [0, 0.05) is 26.0 Å². The molecule has 0 aromatic heterocycles. The summed E-state index contributed by atoms with van der Waals surface area (Å²) in [6.07, 6.45) is 7.10. The molecular weight excluding hydrogens is 400 g/mol. The SMILES string of the molecule is CN(NC=C1N(C)c2ccccc2N1CCCCCCBr)c1ccccc1. The van der Waals surface area contributed by atoms with Gasteiger partial charge in [-0.3, -0.25) is 5.01 Å². The number of nitrogens with zero attached hydrogens (tertiary/aromatic N) is 3. The van der Waals surface area contributed by atoms with Crippen LogP contribution in [0.2, 0.25) is 0 Å². The largest absolute Gasteiger partial charge is 0.328 e. The first kappa shape index (κ1) is 19.6. The monoisotopic (exact) mass is 428 g/mol. The molecule has 1 heterocycles. The lowest BCUT2D eigenvalue weighted by Gasteiger charge is -2.25. The third-order valence-electron chi connectivity index (χ3n) is 4.95. The maximum absolute atomic E-state index is 3.52. The molecule has 2 aromatic carbocycles. The Kier molecular flexibility index (Phi) is 7.04. The molecule has 0 radical (unpaired) electrons. The standard InChI is InChI=1S/C22H29BrN4/c1-25-20-14-8-9-15-21(20)27(17-11-4-3-10-16-23)22(25)18-24-26(2)19-12-6-5-7-13-19/h5-9,12-15,18,24H,3-4,10-11,16-17H2,1-2H3. The molecule has 0 fully saturated rings. The number of hydrazine groups is 1. The van der Waals surface area contributed by atoms with Gasteiger partial charge in [0.25, 0.3) is 0 Å². The molecule has 0 aliphatic carbocycles. The molecule has 1 aliphatic rings. The molecular formula is C22H29BrN4. The van der Waals surface area contributed by atoms with Crippen LogP contribution >= 0.6 is 15.9 Å². The molecule has 0 saturated carbocycles. The van der Waals surface area contributed by atoms with E-state index in [4.69, 9.17) is 0 Å². The van der Waals surface area contributed by atoms with Gasteiger partial charge in [0.05, 0.1) is 23.3 Å². The lowest BCUT2D eigenvalue weighted by atomic mass is 10.2. The highest BCUT2D eigenvalue weighted by Gasteiger charge is 2.28. The van der Waals surface area contributed by atoms with Gasteiger partial charge in [-0.1, -0.05) is 59.1 Å². The van der Waals surface area contributed by atoms with Gasteiger partial charge in [-0.15, -0.1) is 0 Å². The van der Waals surface area contributed by atoms with Crippen LogP contribution in [0, 0.1) is 0 Å². The van der Waals surface area contributed by atoms with Gasteiger partial charge in [0.2, 0.25) is 0 Å². The highest BCUT2D eigenvalue weighted by Crippen LogP contribution is 2.40. The second kappa shape index (κ2) is 9.70. The fourth-order valence-corrected chi connectivity index (χ4v) is 3.81. The number of unbranched alkanes of at least 4 members (excludes halogenated alkanes) is 3. The van der Waals surface area contributed by atoms with E-state index in [1.807, 2.05) is 18.1 Å². The van der Waals surface area contributed by atoms with Crippen LogP contribution in [0.5, 0.6) is 0 Å². The van der Waals surface area contributed by atoms with Crippen LogP contribution in [-0.2, 0) is 0 Å². The second-order valence-electron chi connectivity index (χ2n) is 6.83. The summed E-state index contributed by atoms with van der Waals surface area (Å²) >= 11 is 3.52. The van der Waals surface area contributed by atoms with Gasteiger partial charge in [0.15, 0.2) is 0 Å². The number of hydrogen-bond acceptors (Lipinski definition) is 4. The zero-order chi connectivity index (χ0) is 19.1. The fourth-order valence-electron chi connectivity index (χ4n) is 3.41. The van der Waals surface area contributed by atoms with Crippen molar-refractivity contribution < 1.29 is 0 Å². The number of hydrogen-bond donors (Lipinski definition) is 1. The summed E-state index contributed by atoms with van der Waals surface area (Å²) in [5, 5.41) is 3.14. The summed E-state index contributed by atoms with van der Waals surface area (Å²) in [6.45, 7) is 1.03. The van der Waals surface area contributed by atoms with Crippen molar-refractivity contribution in [1.29, 1.82) is 0 Å². The van der Waals surface area contributed by atoms with Crippen molar-refractivity contribution in [2.75, 3.05) is 40.8 Å². The van der Waals surface area contributed by atoms with Crippen molar-refractivity contribution in [1.82, 2.24) is 5.43 Å².